The van der Waals surface area contributed by atoms with Crippen LogP contribution in [0.3, 0.4) is 0 Å². The van der Waals surface area contributed by atoms with Crippen molar-refractivity contribution in [3.63, 3.8) is 0 Å². The third-order valence-electron chi connectivity index (χ3n) is 5.63. The number of fused-ring (bicyclic) bond motifs is 2. The van der Waals surface area contributed by atoms with E-state index >= 15 is 0 Å². The zero-order valence-electron chi connectivity index (χ0n) is 16.7. The number of benzene rings is 2. The first kappa shape index (κ1) is 19.7. The van der Waals surface area contributed by atoms with Gasteiger partial charge < -0.3 is 14.8 Å². The van der Waals surface area contributed by atoms with Crippen molar-refractivity contribution in [3.05, 3.63) is 58.7 Å². The highest BCUT2D eigenvalue weighted by Gasteiger charge is 2.45. The monoisotopic (exact) mass is 435 g/mol. The van der Waals surface area contributed by atoms with Crippen LogP contribution in [-0.2, 0) is 16.1 Å². The van der Waals surface area contributed by atoms with Gasteiger partial charge >= 0.3 is 0 Å². The highest BCUT2D eigenvalue weighted by Crippen LogP contribution is 2.33. The van der Waals surface area contributed by atoms with Gasteiger partial charge in [0.15, 0.2) is 11.5 Å². The Balaban J connectivity index is 1.36. The maximum absolute atomic E-state index is 13.1. The van der Waals surface area contributed by atoms with Crippen LogP contribution in [0, 0.1) is 0 Å². The first-order valence-electron chi connectivity index (χ1n) is 9.95. The molecule has 1 fully saturated rings. The number of piperidine rings is 1. The summed E-state index contributed by atoms with van der Waals surface area (Å²) in [6, 6.07) is 8.50. The van der Waals surface area contributed by atoms with Gasteiger partial charge in [0.05, 0.1) is 11.1 Å². The number of imide groups is 2. The zero-order chi connectivity index (χ0) is 22.4. The molecule has 5 amide bonds. The molecule has 0 saturated carbocycles. The summed E-state index contributed by atoms with van der Waals surface area (Å²) in [5.41, 5.74) is 1.11. The fourth-order valence-corrected chi connectivity index (χ4v) is 4.05. The number of carbonyl (C=O) groups excluding carboxylic acids is 5. The molecule has 3 aliphatic rings. The Kier molecular flexibility index (Phi) is 4.62. The summed E-state index contributed by atoms with van der Waals surface area (Å²) >= 11 is 0. The van der Waals surface area contributed by atoms with E-state index in [0.29, 0.717) is 22.6 Å². The van der Waals surface area contributed by atoms with E-state index in [9.17, 15) is 24.0 Å². The number of hydrogen-bond donors (Lipinski definition) is 2. The largest absolute Gasteiger partial charge is 0.454 e. The molecule has 1 atom stereocenters. The van der Waals surface area contributed by atoms with E-state index in [-0.39, 0.29) is 43.2 Å². The molecule has 0 spiro atoms. The van der Waals surface area contributed by atoms with Crippen molar-refractivity contribution < 1.29 is 33.4 Å². The molecule has 32 heavy (non-hydrogen) atoms. The smallest absolute Gasteiger partial charge is 0.262 e. The standard InChI is InChI=1S/C22H17N3O7/c26-17-7-5-14(20(28)24-17)25-21(29)13-3-1-2-12(18(13)22(25)30)9-23-19(27)11-4-6-15-16(8-11)32-10-31-15/h1-4,6,8,14H,5,7,9-10H2,(H,23,27)(H,24,26,28). The minimum Gasteiger partial charge on any atom is -0.454 e. The van der Waals surface area contributed by atoms with Crippen LogP contribution in [0.25, 0.3) is 0 Å². The molecule has 10 heteroatoms. The van der Waals surface area contributed by atoms with Crippen molar-refractivity contribution in [1.29, 1.82) is 0 Å². The Morgan fingerprint density at radius 2 is 1.88 bits per heavy atom. The summed E-state index contributed by atoms with van der Waals surface area (Å²) in [6.07, 6.45) is 0.120. The van der Waals surface area contributed by atoms with Gasteiger partial charge in [-0.15, -0.1) is 0 Å². The number of amides is 5. The van der Waals surface area contributed by atoms with Gasteiger partial charge in [-0.2, -0.15) is 0 Å². The van der Waals surface area contributed by atoms with Crippen LogP contribution in [0.15, 0.2) is 36.4 Å². The average Bonchev–Trinajstić information content (AvgIpc) is 3.35. The lowest BCUT2D eigenvalue weighted by Gasteiger charge is -2.27. The molecule has 162 valence electrons. The van der Waals surface area contributed by atoms with E-state index in [2.05, 4.69) is 10.6 Å². The van der Waals surface area contributed by atoms with Gasteiger partial charge in [0, 0.05) is 18.5 Å². The van der Waals surface area contributed by atoms with Gasteiger partial charge in [0.2, 0.25) is 18.6 Å². The Morgan fingerprint density at radius 1 is 1.06 bits per heavy atom. The number of rotatable bonds is 4. The minimum atomic E-state index is -1.05. The SMILES string of the molecule is O=C1CCC(N2C(=O)c3cccc(CNC(=O)c4ccc5c(c4)OCO5)c3C2=O)C(=O)N1. The molecule has 3 aliphatic heterocycles. The van der Waals surface area contributed by atoms with Crippen LogP contribution in [0.1, 0.15) is 49.5 Å². The summed E-state index contributed by atoms with van der Waals surface area (Å²) < 4.78 is 10.5. The number of ether oxygens (including phenoxy) is 2. The Hall–Kier alpha value is -4.21. The van der Waals surface area contributed by atoms with Crippen molar-refractivity contribution in [2.45, 2.75) is 25.4 Å². The molecule has 0 bridgehead atoms. The van der Waals surface area contributed by atoms with Crippen molar-refractivity contribution in [2.24, 2.45) is 0 Å². The van der Waals surface area contributed by atoms with Crippen LogP contribution >= 0.6 is 0 Å². The van der Waals surface area contributed by atoms with E-state index in [1.165, 1.54) is 6.07 Å². The molecule has 10 nitrogen and oxygen atoms in total. The molecule has 1 unspecified atom stereocenters. The molecule has 0 radical (unpaired) electrons. The van der Waals surface area contributed by atoms with Crippen LogP contribution in [0.5, 0.6) is 11.5 Å². The second kappa shape index (κ2) is 7.49. The van der Waals surface area contributed by atoms with E-state index < -0.39 is 29.7 Å². The molecule has 2 aromatic rings. The summed E-state index contributed by atoms with van der Waals surface area (Å²) in [4.78, 5) is 63.1. The van der Waals surface area contributed by atoms with Crippen LogP contribution < -0.4 is 20.1 Å². The fourth-order valence-electron chi connectivity index (χ4n) is 4.05. The molecule has 5 rings (SSSR count). The Labute approximate surface area is 181 Å². The van der Waals surface area contributed by atoms with Gasteiger partial charge in [-0.1, -0.05) is 12.1 Å². The predicted octanol–water partition coefficient (Wildman–Crippen LogP) is 0.746. The maximum Gasteiger partial charge on any atom is 0.262 e. The molecule has 2 aromatic carbocycles. The van der Waals surface area contributed by atoms with Crippen LogP contribution in [0.2, 0.25) is 0 Å². The van der Waals surface area contributed by atoms with Gasteiger partial charge in [-0.3, -0.25) is 34.2 Å². The van der Waals surface area contributed by atoms with Crippen LogP contribution in [-0.4, -0.2) is 47.3 Å². The third-order valence-corrected chi connectivity index (χ3v) is 5.63. The van der Waals surface area contributed by atoms with E-state index in [4.69, 9.17) is 9.47 Å². The Morgan fingerprint density at radius 3 is 2.69 bits per heavy atom. The van der Waals surface area contributed by atoms with Crippen molar-refractivity contribution in [3.8, 4) is 11.5 Å². The van der Waals surface area contributed by atoms with Gasteiger partial charge in [-0.05, 0) is 36.2 Å². The molecule has 0 aromatic heterocycles. The summed E-state index contributed by atoms with van der Waals surface area (Å²) in [5, 5.41) is 4.90. The lowest BCUT2D eigenvalue weighted by molar-refractivity contribution is -0.136. The summed E-state index contributed by atoms with van der Waals surface area (Å²) in [7, 11) is 0. The number of nitrogens with zero attached hydrogens (tertiary/aromatic N) is 1. The second-order valence-electron chi connectivity index (χ2n) is 7.54. The lowest BCUT2D eigenvalue weighted by Crippen LogP contribution is -2.54. The minimum absolute atomic E-state index is 0.00133. The van der Waals surface area contributed by atoms with Gasteiger partial charge in [-0.25, -0.2) is 0 Å². The highest BCUT2D eigenvalue weighted by molar-refractivity contribution is 6.24. The predicted molar refractivity (Wildman–Crippen MR) is 107 cm³/mol. The summed E-state index contributed by atoms with van der Waals surface area (Å²) in [5.74, 6) is -1.68. The lowest BCUT2D eigenvalue weighted by atomic mass is 10.0. The average molecular weight is 435 g/mol. The molecular weight excluding hydrogens is 418 g/mol. The third kappa shape index (κ3) is 3.16. The van der Waals surface area contributed by atoms with E-state index in [1.54, 1.807) is 30.3 Å². The number of hydrogen-bond acceptors (Lipinski definition) is 7. The van der Waals surface area contributed by atoms with E-state index in [1.807, 2.05) is 0 Å². The molecule has 2 N–H and O–H groups in total. The summed E-state index contributed by atoms with van der Waals surface area (Å²) in [6.45, 7) is 0.0923. The second-order valence-corrected chi connectivity index (χ2v) is 7.54. The van der Waals surface area contributed by atoms with Crippen LogP contribution in [0.4, 0.5) is 0 Å². The quantitative estimate of drug-likeness (QED) is 0.678. The molecule has 1 saturated heterocycles. The van der Waals surface area contributed by atoms with Crippen molar-refractivity contribution in [1.82, 2.24) is 15.5 Å². The molecule has 0 aliphatic carbocycles. The highest BCUT2D eigenvalue weighted by atomic mass is 16.7. The van der Waals surface area contributed by atoms with Gasteiger partial charge in [0.1, 0.15) is 6.04 Å². The normalized spacial score (nSPS) is 19.1. The van der Waals surface area contributed by atoms with Crippen molar-refractivity contribution >= 4 is 29.5 Å². The first-order chi connectivity index (χ1) is 15.4. The van der Waals surface area contributed by atoms with Gasteiger partial charge in [0.25, 0.3) is 17.7 Å². The number of nitrogens with one attached hydrogen (secondary N) is 2. The van der Waals surface area contributed by atoms with E-state index in [0.717, 1.165) is 4.90 Å². The fraction of sp³-hybridized carbons (Fsp3) is 0.227. The topological polar surface area (TPSA) is 131 Å². The molecule has 3 heterocycles. The zero-order valence-corrected chi connectivity index (χ0v) is 16.7. The maximum atomic E-state index is 13.1. The van der Waals surface area contributed by atoms with Crippen molar-refractivity contribution in [2.75, 3.05) is 6.79 Å². The Bertz CT molecular complexity index is 1210. The number of carbonyl (C=O) groups is 5. The first-order valence-corrected chi connectivity index (χ1v) is 9.95. The molecular formula is C22H17N3O7.